The number of halogens is 1. The SMILES string of the molecule is Cc1cc(C(O)C2C3CCCC32)sc1Br. The summed E-state index contributed by atoms with van der Waals surface area (Å²) >= 11 is 5.22. The van der Waals surface area contributed by atoms with Crippen molar-refractivity contribution < 1.29 is 5.11 Å². The van der Waals surface area contributed by atoms with Crippen LogP contribution >= 0.6 is 27.3 Å². The summed E-state index contributed by atoms with van der Waals surface area (Å²) in [6, 6.07) is 2.13. The van der Waals surface area contributed by atoms with E-state index in [0.717, 1.165) is 16.7 Å². The lowest BCUT2D eigenvalue weighted by atomic mass is 10.1. The topological polar surface area (TPSA) is 20.2 Å². The molecule has 82 valence electrons. The molecule has 15 heavy (non-hydrogen) atoms. The number of fused-ring (bicyclic) bond motifs is 1. The van der Waals surface area contributed by atoms with Gasteiger partial charge in [0.2, 0.25) is 0 Å². The zero-order valence-corrected chi connectivity index (χ0v) is 11.1. The average Bonchev–Trinajstić information content (AvgIpc) is 2.59. The van der Waals surface area contributed by atoms with Crippen LogP contribution in [0, 0.1) is 24.7 Å². The first-order valence-electron chi connectivity index (χ1n) is 5.62. The van der Waals surface area contributed by atoms with Crippen molar-refractivity contribution in [1.82, 2.24) is 0 Å². The van der Waals surface area contributed by atoms with Crippen molar-refractivity contribution in [3.05, 3.63) is 20.3 Å². The van der Waals surface area contributed by atoms with Gasteiger partial charge in [-0.1, -0.05) is 6.42 Å². The maximum atomic E-state index is 10.3. The van der Waals surface area contributed by atoms with Crippen molar-refractivity contribution in [2.75, 3.05) is 0 Å². The van der Waals surface area contributed by atoms with Crippen LogP contribution in [0.25, 0.3) is 0 Å². The zero-order chi connectivity index (χ0) is 10.6. The van der Waals surface area contributed by atoms with Gasteiger partial charge in [-0.25, -0.2) is 0 Å². The van der Waals surface area contributed by atoms with Gasteiger partial charge in [0.15, 0.2) is 0 Å². The van der Waals surface area contributed by atoms with Gasteiger partial charge >= 0.3 is 0 Å². The van der Waals surface area contributed by atoms with E-state index in [0.29, 0.717) is 5.92 Å². The van der Waals surface area contributed by atoms with E-state index in [4.69, 9.17) is 0 Å². The Morgan fingerprint density at radius 2 is 2.13 bits per heavy atom. The fraction of sp³-hybridized carbons (Fsp3) is 0.667. The van der Waals surface area contributed by atoms with Gasteiger partial charge in [-0.15, -0.1) is 11.3 Å². The van der Waals surface area contributed by atoms with E-state index in [1.165, 1.54) is 28.6 Å². The minimum absolute atomic E-state index is 0.199. The smallest absolute Gasteiger partial charge is 0.0916 e. The Bertz CT molecular complexity index is 357. The van der Waals surface area contributed by atoms with Crippen LogP contribution in [0.4, 0.5) is 0 Å². The largest absolute Gasteiger partial charge is 0.387 e. The highest BCUT2D eigenvalue weighted by Crippen LogP contribution is 2.62. The maximum absolute atomic E-state index is 10.3. The Morgan fingerprint density at radius 3 is 2.67 bits per heavy atom. The van der Waals surface area contributed by atoms with Gasteiger partial charge in [-0.3, -0.25) is 0 Å². The molecular formula is C12H15BrOS. The summed E-state index contributed by atoms with van der Waals surface area (Å²) in [6.07, 6.45) is 3.87. The average molecular weight is 287 g/mol. The highest BCUT2D eigenvalue weighted by atomic mass is 79.9. The summed E-state index contributed by atoms with van der Waals surface area (Å²) in [4.78, 5) is 1.15. The molecule has 0 aromatic carbocycles. The van der Waals surface area contributed by atoms with E-state index in [-0.39, 0.29) is 6.10 Å². The predicted molar refractivity (Wildman–Crippen MR) is 66.0 cm³/mol. The zero-order valence-electron chi connectivity index (χ0n) is 8.74. The van der Waals surface area contributed by atoms with Crippen molar-refractivity contribution in [3.63, 3.8) is 0 Å². The van der Waals surface area contributed by atoms with Gasteiger partial charge in [0, 0.05) is 4.88 Å². The highest BCUT2D eigenvalue weighted by Gasteiger charge is 2.56. The van der Waals surface area contributed by atoms with Gasteiger partial charge in [-0.2, -0.15) is 0 Å². The molecule has 1 aromatic heterocycles. The molecule has 3 rings (SSSR count). The second-order valence-corrected chi connectivity index (χ2v) is 7.29. The molecular weight excluding hydrogens is 272 g/mol. The fourth-order valence-corrected chi connectivity index (χ4v) is 4.78. The Kier molecular flexibility index (Phi) is 2.45. The minimum atomic E-state index is -0.199. The number of aryl methyl sites for hydroxylation is 1. The van der Waals surface area contributed by atoms with Gasteiger partial charge in [-0.05, 0) is 65.1 Å². The van der Waals surface area contributed by atoms with Crippen LogP contribution < -0.4 is 0 Å². The van der Waals surface area contributed by atoms with Crippen LogP contribution in [0.5, 0.6) is 0 Å². The second-order valence-electron chi connectivity index (χ2n) is 4.89. The third-order valence-electron chi connectivity index (χ3n) is 4.01. The summed E-state index contributed by atoms with van der Waals surface area (Å²) in [6.45, 7) is 2.09. The highest BCUT2D eigenvalue weighted by molar-refractivity contribution is 9.11. The van der Waals surface area contributed by atoms with Crippen LogP contribution in [0.2, 0.25) is 0 Å². The molecule has 0 radical (unpaired) electrons. The molecule has 2 aliphatic rings. The number of rotatable bonds is 2. The van der Waals surface area contributed by atoms with Gasteiger partial charge in [0.1, 0.15) is 0 Å². The van der Waals surface area contributed by atoms with E-state index in [1.807, 2.05) is 0 Å². The third kappa shape index (κ3) is 1.60. The minimum Gasteiger partial charge on any atom is -0.387 e. The van der Waals surface area contributed by atoms with Gasteiger partial charge in [0.05, 0.1) is 9.89 Å². The summed E-state index contributed by atoms with van der Waals surface area (Å²) in [5.74, 6) is 2.24. The van der Waals surface area contributed by atoms with Crippen LogP contribution in [0.15, 0.2) is 9.85 Å². The van der Waals surface area contributed by atoms with Crippen LogP contribution in [-0.2, 0) is 0 Å². The van der Waals surface area contributed by atoms with E-state index in [1.54, 1.807) is 11.3 Å². The van der Waals surface area contributed by atoms with Gasteiger partial charge in [0.25, 0.3) is 0 Å². The molecule has 3 atom stereocenters. The standard InChI is InChI=1S/C12H15BrOS/c1-6-5-9(15-12(6)13)11(14)10-7-3-2-4-8(7)10/h5,7-8,10-11,14H,2-4H2,1H3. The Balaban J connectivity index is 1.77. The van der Waals surface area contributed by atoms with Gasteiger partial charge < -0.3 is 5.11 Å². The first-order valence-corrected chi connectivity index (χ1v) is 7.23. The first-order chi connectivity index (χ1) is 7.18. The molecule has 3 unspecified atom stereocenters. The number of aliphatic hydroxyl groups is 1. The van der Waals surface area contributed by atoms with Crippen molar-refractivity contribution >= 4 is 27.3 Å². The number of thiophene rings is 1. The summed E-state index contributed by atoms with van der Waals surface area (Å²) in [7, 11) is 0. The first kappa shape index (κ1) is 10.3. The lowest BCUT2D eigenvalue weighted by Crippen LogP contribution is -2.02. The lowest BCUT2D eigenvalue weighted by molar-refractivity contribution is 0.140. The molecule has 0 amide bonds. The lowest BCUT2D eigenvalue weighted by Gasteiger charge is -2.09. The molecule has 0 bridgehead atoms. The quantitative estimate of drug-likeness (QED) is 0.874. The van der Waals surface area contributed by atoms with Crippen LogP contribution in [0.1, 0.15) is 35.8 Å². The second kappa shape index (κ2) is 3.57. The van der Waals surface area contributed by atoms with Crippen molar-refractivity contribution in [1.29, 1.82) is 0 Å². The molecule has 0 spiro atoms. The molecule has 3 heteroatoms. The van der Waals surface area contributed by atoms with Crippen molar-refractivity contribution in [3.8, 4) is 0 Å². The Labute approximate surface area is 103 Å². The van der Waals surface area contributed by atoms with Crippen molar-refractivity contribution in [2.45, 2.75) is 32.3 Å². The molecule has 0 saturated heterocycles. The number of aliphatic hydroxyl groups excluding tert-OH is 1. The Morgan fingerprint density at radius 1 is 1.47 bits per heavy atom. The summed E-state index contributed by atoms with van der Waals surface area (Å²) in [5, 5.41) is 10.3. The molecule has 2 saturated carbocycles. The molecule has 1 nitrogen and oxygen atoms in total. The molecule has 1 N–H and O–H groups in total. The van der Waals surface area contributed by atoms with Crippen LogP contribution in [-0.4, -0.2) is 5.11 Å². The van der Waals surface area contributed by atoms with E-state index >= 15 is 0 Å². The Hall–Kier alpha value is 0.140. The fourth-order valence-electron chi connectivity index (χ4n) is 3.16. The molecule has 2 fully saturated rings. The summed E-state index contributed by atoms with van der Waals surface area (Å²) < 4.78 is 1.17. The third-order valence-corrected chi connectivity index (χ3v) is 6.21. The molecule has 0 aliphatic heterocycles. The van der Waals surface area contributed by atoms with E-state index in [2.05, 4.69) is 28.9 Å². The molecule has 2 aliphatic carbocycles. The predicted octanol–water partition coefficient (Wildman–Crippen LogP) is 3.90. The summed E-state index contributed by atoms with van der Waals surface area (Å²) in [5.41, 5.74) is 1.25. The maximum Gasteiger partial charge on any atom is 0.0916 e. The molecule has 1 aromatic rings. The molecule has 1 heterocycles. The normalized spacial score (nSPS) is 35.3. The number of hydrogen-bond donors (Lipinski definition) is 1. The van der Waals surface area contributed by atoms with Crippen LogP contribution in [0.3, 0.4) is 0 Å². The monoisotopic (exact) mass is 286 g/mol. The van der Waals surface area contributed by atoms with Crippen molar-refractivity contribution in [2.24, 2.45) is 17.8 Å². The number of hydrogen-bond acceptors (Lipinski definition) is 2. The van der Waals surface area contributed by atoms with E-state index in [9.17, 15) is 5.11 Å². The van der Waals surface area contributed by atoms with E-state index < -0.39 is 0 Å².